The lowest BCUT2D eigenvalue weighted by molar-refractivity contribution is -0.279. The van der Waals surface area contributed by atoms with Crippen LogP contribution in [0.5, 0.6) is 0 Å². The van der Waals surface area contributed by atoms with Gasteiger partial charge >= 0.3 is 12.1 Å². The quantitative estimate of drug-likeness (QED) is 0.548. The SMILES string of the molecule is CCN(CC)CCNCC(F)(F)C(F)(F)F. The van der Waals surface area contributed by atoms with Gasteiger partial charge in [0, 0.05) is 13.1 Å². The zero-order valence-electron chi connectivity index (χ0n) is 9.37. The van der Waals surface area contributed by atoms with Crippen molar-refractivity contribution in [2.75, 3.05) is 32.7 Å². The van der Waals surface area contributed by atoms with E-state index in [9.17, 15) is 22.0 Å². The van der Waals surface area contributed by atoms with Crippen LogP contribution in [0.1, 0.15) is 13.8 Å². The van der Waals surface area contributed by atoms with Crippen LogP contribution in [0.4, 0.5) is 22.0 Å². The van der Waals surface area contributed by atoms with Gasteiger partial charge in [0.2, 0.25) is 0 Å². The Kier molecular flexibility index (Phi) is 6.17. The zero-order chi connectivity index (χ0) is 12.8. The Labute approximate surface area is 91.8 Å². The third-order valence-corrected chi connectivity index (χ3v) is 2.26. The minimum absolute atomic E-state index is 0.118. The average molecular weight is 248 g/mol. The summed E-state index contributed by atoms with van der Waals surface area (Å²) >= 11 is 0. The van der Waals surface area contributed by atoms with Crippen molar-refractivity contribution in [3.05, 3.63) is 0 Å². The molecule has 0 saturated carbocycles. The molecular formula is C9H17F5N2. The molecule has 7 heteroatoms. The van der Waals surface area contributed by atoms with Gasteiger partial charge in [-0.25, -0.2) is 0 Å². The predicted molar refractivity (Wildman–Crippen MR) is 51.7 cm³/mol. The van der Waals surface area contributed by atoms with Crippen LogP contribution in [0.2, 0.25) is 0 Å². The lowest BCUT2D eigenvalue weighted by Gasteiger charge is -2.22. The van der Waals surface area contributed by atoms with Crippen LogP contribution in [-0.4, -0.2) is 49.7 Å². The molecule has 0 spiro atoms. The molecule has 0 aliphatic heterocycles. The third kappa shape index (κ3) is 5.07. The lowest BCUT2D eigenvalue weighted by Crippen LogP contribution is -2.46. The molecule has 0 bridgehead atoms. The van der Waals surface area contributed by atoms with E-state index in [-0.39, 0.29) is 6.54 Å². The molecule has 0 amide bonds. The molecular weight excluding hydrogens is 231 g/mol. The highest BCUT2D eigenvalue weighted by atomic mass is 19.4. The van der Waals surface area contributed by atoms with E-state index in [1.165, 1.54) is 0 Å². The first-order chi connectivity index (χ1) is 7.24. The molecule has 0 aliphatic rings. The van der Waals surface area contributed by atoms with Crippen molar-refractivity contribution < 1.29 is 22.0 Å². The van der Waals surface area contributed by atoms with Crippen LogP contribution in [-0.2, 0) is 0 Å². The molecule has 16 heavy (non-hydrogen) atoms. The highest BCUT2D eigenvalue weighted by Gasteiger charge is 2.56. The number of nitrogens with zero attached hydrogens (tertiary/aromatic N) is 1. The van der Waals surface area contributed by atoms with Crippen LogP contribution >= 0.6 is 0 Å². The molecule has 0 aromatic rings. The number of rotatable bonds is 7. The molecule has 0 fully saturated rings. The topological polar surface area (TPSA) is 15.3 Å². The third-order valence-electron chi connectivity index (χ3n) is 2.26. The Hall–Kier alpha value is -0.430. The highest BCUT2D eigenvalue weighted by molar-refractivity contribution is 4.78. The van der Waals surface area contributed by atoms with Gasteiger partial charge in [-0.15, -0.1) is 0 Å². The van der Waals surface area contributed by atoms with Gasteiger partial charge in [0.1, 0.15) is 0 Å². The minimum atomic E-state index is -5.48. The molecule has 0 aromatic carbocycles. The Balaban J connectivity index is 3.82. The first-order valence-corrected chi connectivity index (χ1v) is 5.12. The Bertz CT molecular complexity index is 189. The summed E-state index contributed by atoms with van der Waals surface area (Å²) in [7, 11) is 0. The Morgan fingerprint density at radius 3 is 1.88 bits per heavy atom. The van der Waals surface area contributed by atoms with Gasteiger partial charge in [-0.05, 0) is 13.1 Å². The smallest absolute Gasteiger partial charge is 0.310 e. The number of nitrogens with one attached hydrogen (secondary N) is 1. The van der Waals surface area contributed by atoms with Crippen molar-refractivity contribution >= 4 is 0 Å². The summed E-state index contributed by atoms with van der Waals surface area (Å²) in [4.78, 5) is 1.93. The monoisotopic (exact) mass is 248 g/mol. The van der Waals surface area contributed by atoms with Gasteiger partial charge in [0.15, 0.2) is 0 Å². The van der Waals surface area contributed by atoms with Crippen LogP contribution in [0.3, 0.4) is 0 Å². The van der Waals surface area contributed by atoms with E-state index in [1.807, 2.05) is 18.7 Å². The maximum Gasteiger partial charge on any atom is 0.454 e. The van der Waals surface area contributed by atoms with Gasteiger partial charge in [-0.1, -0.05) is 13.8 Å². The fourth-order valence-corrected chi connectivity index (χ4v) is 1.12. The van der Waals surface area contributed by atoms with Gasteiger partial charge in [-0.2, -0.15) is 22.0 Å². The molecule has 0 aromatic heterocycles. The normalized spacial score (nSPS) is 13.5. The van der Waals surface area contributed by atoms with Crippen molar-refractivity contribution in [1.82, 2.24) is 10.2 Å². The van der Waals surface area contributed by atoms with Crippen molar-refractivity contribution in [1.29, 1.82) is 0 Å². The Morgan fingerprint density at radius 1 is 1.00 bits per heavy atom. The van der Waals surface area contributed by atoms with Gasteiger partial charge < -0.3 is 10.2 Å². The van der Waals surface area contributed by atoms with Crippen LogP contribution in [0.15, 0.2) is 0 Å². The fourth-order valence-electron chi connectivity index (χ4n) is 1.12. The molecule has 0 heterocycles. The molecule has 1 N–H and O–H groups in total. The van der Waals surface area contributed by atoms with Crippen molar-refractivity contribution in [2.24, 2.45) is 0 Å². The fraction of sp³-hybridized carbons (Fsp3) is 1.00. The molecule has 0 atom stereocenters. The number of halogens is 5. The van der Waals surface area contributed by atoms with E-state index in [4.69, 9.17) is 0 Å². The summed E-state index contributed by atoms with van der Waals surface area (Å²) in [5.74, 6) is -4.66. The second kappa shape index (κ2) is 6.34. The minimum Gasteiger partial charge on any atom is -0.310 e. The molecule has 0 radical (unpaired) electrons. The maximum absolute atomic E-state index is 12.4. The summed E-state index contributed by atoms with van der Waals surface area (Å²) in [6, 6.07) is 0. The number of alkyl halides is 5. The van der Waals surface area contributed by atoms with E-state index in [0.717, 1.165) is 13.1 Å². The van der Waals surface area contributed by atoms with Crippen molar-refractivity contribution in [3.63, 3.8) is 0 Å². The van der Waals surface area contributed by atoms with Crippen molar-refractivity contribution in [2.45, 2.75) is 25.9 Å². The summed E-state index contributed by atoms with van der Waals surface area (Å²) in [6.07, 6.45) is -5.48. The summed E-state index contributed by atoms with van der Waals surface area (Å²) in [5.41, 5.74) is 0. The largest absolute Gasteiger partial charge is 0.454 e. The van der Waals surface area contributed by atoms with Gasteiger partial charge in [0.25, 0.3) is 0 Å². The van der Waals surface area contributed by atoms with Gasteiger partial charge in [0.05, 0.1) is 6.54 Å². The van der Waals surface area contributed by atoms with E-state index < -0.39 is 18.6 Å². The van der Waals surface area contributed by atoms with Crippen LogP contribution in [0, 0.1) is 0 Å². The molecule has 0 rings (SSSR count). The van der Waals surface area contributed by atoms with E-state index in [1.54, 1.807) is 0 Å². The van der Waals surface area contributed by atoms with E-state index in [2.05, 4.69) is 5.32 Å². The second-order valence-corrected chi connectivity index (χ2v) is 3.41. The molecule has 0 unspecified atom stereocenters. The van der Waals surface area contributed by atoms with Crippen LogP contribution in [0.25, 0.3) is 0 Å². The first kappa shape index (κ1) is 15.6. The molecule has 0 aliphatic carbocycles. The number of hydrogen-bond acceptors (Lipinski definition) is 2. The lowest BCUT2D eigenvalue weighted by atomic mass is 10.3. The predicted octanol–water partition coefficient (Wildman–Crippen LogP) is 2.12. The molecule has 0 saturated heterocycles. The zero-order valence-corrected chi connectivity index (χ0v) is 9.37. The molecule has 2 nitrogen and oxygen atoms in total. The average Bonchev–Trinajstić information content (AvgIpc) is 2.16. The van der Waals surface area contributed by atoms with Crippen LogP contribution < -0.4 is 5.32 Å². The number of hydrogen-bond donors (Lipinski definition) is 1. The second-order valence-electron chi connectivity index (χ2n) is 3.41. The number of likely N-dealkylation sites (N-methyl/N-ethyl adjacent to an activating group) is 1. The summed E-state index contributed by atoms with van der Waals surface area (Å²) in [5, 5.41) is 2.12. The Morgan fingerprint density at radius 2 is 1.50 bits per heavy atom. The summed E-state index contributed by atoms with van der Waals surface area (Å²) < 4.78 is 60.1. The first-order valence-electron chi connectivity index (χ1n) is 5.12. The van der Waals surface area contributed by atoms with Crippen molar-refractivity contribution in [3.8, 4) is 0 Å². The van der Waals surface area contributed by atoms with E-state index >= 15 is 0 Å². The maximum atomic E-state index is 12.4. The van der Waals surface area contributed by atoms with Gasteiger partial charge in [-0.3, -0.25) is 0 Å². The highest BCUT2D eigenvalue weighted by Crippen LogP contribution is 2.34. The molecule has 98 valence electrons. The van der Waals surface area contributed by atoms with E-state index in [0.29, 0.717) is 6.54 Å². The summed E-state index contributed by atoms with van der Waals surface area (Å²) in [6.45, 7) is 4.50. The standard InChI is InChI=1S/C9H17F5N2/c1-3-16(4-2)6-5-15-7-8(10,11)9(12,13)14/h15H,3-7H2,1-2H3.